The normalized spacial score (nSPS) is 14.5. The van der Waals surface area contributed by atoms with Crippen molar-refractivity contribution in [1.82, 2.24) is 9.88 Å². The average molecular weight is 419 g/mol. The van der Waals surface area contributed by atoms with Crippen LogP contribution in [0.15, 0.2) is 23.6 Å². The van der Waals surface area contributed by atoms with Gasteiger partial charge in [-0.15, -0.1) is 11.3 Å². The highest BCUT2D eigenvalue weighted by atomic mass is 32.1. The molecular formula is C18H21N5O5S. The van der Waals surface area contributed by atoms with Gasteiger partial charge in [-0.2, -0.15) is 0 Å². The third-order valence-corrected chi connectivity index (χ3v) is 5.25. The second-order valence-electron chi connectivity index (χ2n) is 6.46. The van der Waals surface area contributed by atoms with Crippen molar-refractivity contribution in [2.24, 2.45) is 0 Å². The van der Waals surface area contributed by atoms with Crippen molar-refractivity contribution in [3.05, 3.63) is 45.0 Å². The van der Waals surface area contributed by atoms with Crippen molar-refractivity contribution in [3.63, 3.8) is 0 Å². The SMILES string of the molecule is CCOC(=O)c1csc(NC(=O)c2ccc(N3CCN(C)CC3)c([N+](=O)[O-])c2)n1. The maximum Gasteiger partial charge on any atom is 0.357 e. The van der Waals surface area contributed by atoms with E-state index in [1.807, 2.05) is 11.9 Å². The molecule has 10 nitrogen and oxygen atoms in total. The molecule has 2 heterocycles. The zero-order valence-electron chi connectivity index (χ0n) is 16.1. The average Bonchev–Trinajstić information content (AvgIpc) is 3.17. The molecule has 1 amide bonds. The van der Waals surface area contributed by atoms with Crippen molar-refractivity contribution < 1.29 is 19.2 Å². The van der Waals surface area contributed by atoms with Gasteiger partial charge in [0.1, 0.15) is 5.69 Å². The first-order valence-electron chi connectivity index (χ1n) is 9.05. The Bertz CT molecular complexity index is 923. The fraction of sp³-hybridized carbons (Fsp3) is 0.389. The first kappa shape index (κ1) is 20.7. The van der Waals surface area contributed by atoms with E-state index in [0.29, 0.717) is 18.8 Å². The van der Waals surface area contributed by atoms with Gasteiger partial charge >= 0.3 is 5.97 Å². The van der Waals surface area contributed by atoms with Crippen LogP contribution in [0.5, 0.6) is 0 Å². The lowest BCUT2D eigenvalue weighted by atomic mass is 10.1. The van der Waals surface area contributed by atoms with Crippen LogP contribution < -0.4 is 10.2 Å². The number of rotatable bonds is 6. The molecule has 1 aromatic carbocycles. The fourth-order valence-electron chi connectivity index (χ4n) is 2.92. The molecule has 1 N–H and O–H groups in total. The van der Waals surface area contributed by atoms with Crippen LogP contribution >= 0.6 is 11.3 Å². The topological polar surface area (TPSA) is 118 Å². The number of piperazine rings is 1. The van der Waals surface area contributed by atoms with E-state index in [1.54, 1.807) is 19.1 Å². The lowest BCUT2D eigenvalue weighted by Gasteiger charge is -2.33. The molecule has 0 radical (unpaired) electrons. The zero-order valence-corrected chi connectivity index (χ0v) is 16.9. The van der Waals surface area contributed by atoms with E-state index < -0.39 is 16.8 Å². The summed E-state index contributed by atoms with van der Waals surface area (Å²) in [5.74, 6) is -1.11. The highest BCUT2D eigenvalue weighted by molar-refractivity contribution is 7.14. The number of nitro benzene ring substituents is 1. The van der Waals surface area contributed by atoms with Crippen molar-refractivity contribution >= 4 is 39.7 Å². The lowest BCUT2D eigenvalue weighted by Crippen LogP contribution is -2.44. The number of hydrogen-bond donors (Lipinski definition) is 1. The molecule has 1 aliphatic heterocycles. The molecule has 0 spiro atoms. The van der Waals surface area contributed by atoms with E-state index in [0.717, 1.165) is 24.4 Å². The standard InChI is InChI=1S/C18H21N5O5S/c1-3-28-17(25)13-11-29-18(19-13)20-16(24)12-4-5-14(15(10-12)23(26)27)22-8-6-21(2)7-9-22/h4-5,10-11H,3,6-9H2,1-2H3,(H,19,20,24). The first-order chi connectivity index (χ1) is 13.9. The number of nitrogens with one attached hydrogen (secondary N) is 1. The van der Waals surface area contributed by atoms with Crippen LogP contribution in [0, 0.1) is 10.1 Å². The molecule has 2 aromatic rings. The maximum absolute atomic E-state index is 12.5. The van der Waals surface area contributed by atoms with Crippen LogP contribution in [0.4, 0.5) is 16.5 Å². The number of esters is 1. The number of thiazole rings is 1. The van der Waals surface area contributed by atoms with E-state index in [-0.39, 0.29) is 28.7 Å². The van der Waals surface area contributed by atoms with Crippen molar-refractivity contribution in [3.8, 4) is 0 Å². The molecule has 0 atom stereocenters. The summed E-state index contributed by atoms with van der Waals surface area (Å²) in [6.07, 6.45) is 0. The lowest BCUT2D eigenvalue weighted by molar-refractivity contribution is -0.384. The summed E-state index contributed by atoms with van der Waals surface area (Å²) >= 11 is 1.07. The smallest absolute Gasteiger partial charge is 0.357 e. The van der Waals surface area contributed by atoms with Gasteiger partial charge in [-0.1, -0.05) is 0 Å². The summed E-state index contributed by atoms with van der Waals surface area (Å²) in [7, 11) is 2.01. The van der Waals surface area contributed by atoms with Gasteiger partial charge in [-0.3, -0.25) is 20.2 Å². The number of benzene rings is 1. The summed E-state index contributed by atoms with van der Waals surface area (Å²) in [6.45, 7) is 4.89. The third-order valence-electron chi connectivity index (χ3n) is 4.49. The van der Waals surface area contributed by atoms with Crippen molar-refractivity contribution in [1.29, 1.82) is 0 Å². The Morgan fingerprint density at radius 3 is 2.69 bits per heavy atom. The highest BCUT2D eigenvalue weighted by Gasteiger charge is 2.24. The van der Waals surface area contributed by atoms with Crippen LogP contribution in [0.2, 0.25) is 0 Å². The van der Waals surface area contributed by atoms with E-state index in [4.69, 9.17) is 4.74 Å². The van der Waals surface area contributed by atoms with Gasteiger partial charge in [0, 0.05) is 43.2 Å². The number of hydrogen-bond acceptors (Lipinski definition) is 9. The summed E-state index contributed by atoms with van der Waals surface area (Å²) in [5.41, 5.74) is 0.623. The number of aromatic nitrogens is 1. The van der Waals surface area contributed by atoms with Crippen LogP contribution in [-0.2, 0) is 4.74 Å². The Kier molecular flexibility index (Phi) is 6.39. The molecule has 29 heavy (non-hydrogen) atoms. The minimum absolute atomic E-state index is 0.101. The van der Waals surface area contributed by atoms with Crippen LogP contribution in [0.3, 0.4) is 0 Å². The minimum Gasteiger partial charge on any atom is -0.461 e. The molecule has 1 aromatic heterocycles. The molecule has 0 bridgehead atoms. The Labute approximate surface area is 171 Å². The van der Waals surface area contributed by atoms with E-state index in [2.05, 4.69) is 15.2 Å². The number of anilines is 2. The van der Waals surface area contributed by atoms with Crippen LogP contribution in [0.1, 0.15) is 27.8 Å². The van der Waals surface area contributed by atoms with Crippen LogP contribution in [-0.4, -0.2) is 66.5 Å². The Morgan fingerprint density at radius 2 is 2.03 bits per heavy atom. The molecule has 0 aliphatic carbocycles. The number of nitrogens with zero attached hydrogens (tertiary/aromatic N) is 4. The van der Waals surface area contributed by atoms with Crippen molar-refractivity contribution in [2.45, 2.75) is 6.92 Å². The maximum atomic E-state index is 12.5. The quantitative estimate of drug-likeness (QED) is 0.430. The molecule has 1 saturated heterocycles. The fourth-order valence-corrected chi connectivity index (χ4v) is 3.60. The predicted octanol–water partition coefficient (Wildman–Crippen LogP) is 2.23. The summed E-state index contributed by atoms with van der Waals surface area (Å²) in [5, 5.41) is 15.8. The van der Waals surface area contributed by atoms with E-state index in [1.165, 1.54) is 11.4 Å². The van der Waals surface area contributed by atoms with Crippen LogP contribution in [0.25, 0.3) is 0 Å². The van der Waals surface area contributed by atoms with Gasteiger partial charge in [0.05, 0.1) is 11.5 Å². The molecule has 1 fully saturated rings. The number of ether oxygens (including phenoxy) is 1. The Hall–Kier alpha value is -3.05. The molecule has 0 unspecified atom stereocenters. The van der Waals surface area contributed by atoms with Gasteiger partial charge < -0.3 is 14.5 Å². The Morgan fingerprint density at radius 1 is 1.31 bits per heavy atom. The van der Waals surface area contributed by atoms with E-state index >= 15 is 0 Å². The number of nitro groups is 1. The second kappa shape index (κ2) is 8.97. The molecule has 3 rings (SSSR count). The number of carbonyl (C=O) groups excluding carboxylic acids is 2. The highest BCUT2D eigenvalue weighted by Crippen LogP contribution is 2.30. The third kappa shape index (κ3) is 4.87. The molecule has 0 saturated carbocycles. The minimum atomic E-state index is -0.573. The molecular weight excluding hydrogens is 398 g/mol. The summed E-state index contributed by atoms with van der Waals surface area (Å²) in [4.78, 5) is 43.4. The Balaban J connectivity index is 1.76. The van der Waals surface area contributed by atoms with Crippen molar-refractivity contribution in [2.75, 3.05) is 50.1 Å². The number of likely N-dealkylation sites (N-methyl/N-ethyl adjacent to an activating group) is 1. The monoisotopic (exact) mass is 419 g/mol. The first-order valence-corrected chi connectivity index (χ1v) is 9.93. The van der Waals surface area contributed by atoms with Gasteiger partial charge in [-0.25, -0.2) is 9.78 Å². The zero-order chi connectivity index (χ0) is 21.0. The van der Waals surface area contributed by atoms with Gasteiger partial charge in [0.25, 0.3) is 11.6 Å². The summed E-state index contributed by atoms with van der Waals surface area (Å²) < 4.78 is 4.86. The molecule has 154 valence electrons. The predicted molar refractivity (Wildman–Crippen MR) is 109 cm³/mol. The molecule has 1 aliphatic rings. The molecule has 11 heteroatoms. The number of carbonyl (C=O) groups is 2. The van der Waals surface area contributed by atoms with Gasteiger partial charge in [0.2, 0.25) is 0 Å². The van der Waals surface area contributed by atoms with E-state index in [9.17, 15) is 19.7 Å². The van der Waals surface area contributed by atoms with Gasteiger partial charge in [-0.05, 0) is 26.1 Å². The largest absolute Gasteiger partial charge is 0.461 e. The van der Waals surface area contributed by atoms with Gasteiger partial charge in [0.15, 0.2) is 10.8 Å². The summed E-state index contributed by atoms with van der Waals surface area (Å²) in [6, 6.07) is 4.42. The number of amides is 1. The second-order valence-corrected chi connectivity index (χ2v) is 7.32.